The number of aromatic nitrogens is 2. The molecule has 0 radical (unpaired) electrons. The Bertz CT molecular complexity index is 1250. The van der Waals surface area contributed by atoms with Crippen LogP contribution in [0.15, 0.2) is 54.6 Å². The van der Waals surface area contributed by atoms with E-state index in [9.17, 15) is 18.0 Å². The molecule has 0 aliphatic heterocycles. The molecule has 0 spiro atoms. The van der Waals surface area contributed by atoms with Crippen LogP contribution >= 0.6 is 0 Å². The van der Waals surface area contributed by atoms with Crippen molar-refractivity contribution in [2.75, 3.05) is 0 Å². The number of hydrogen-bond donors (Lipinski definition) is 0. The number of hydrogen-bond acceptors (Lipinski definition) is 3. The molecule has 3 nitrogen and oxygen atoms in total. The SMILES string of the molecule is Cc1ccc(C(=O)c2nc3cc4ccccc4cc3nc2C(F)(F)F)c(C)c1. The first-order chi connectivity index (χ1) is 13.2. The monoisotopic (exact) mass is 380 g/mol. The number of alkyl halides is 3. The van der Waals surface area contributed by atoms with Crippen LogP contribution in [-0.4, -0.2) is 15.8 Å². The average Bonchev–Trinajstić information content (AvgIpc) is 2.64. The van der Waals surface area contributed by atoms with Gasteiger partial charge < -0.3 is 0 Å². The van der Waals surface area contributed by atoms with Gasteiger partial charge in [-0.25, -0.2) is 9.97 Å². The van der Waals surface area contributed by atoms with Gasteiger partial charge in [0.1, 0.15) is 5.69 Å². The largest absolute Gasteiger partial charge is 0.435 e. The molecule has 28 heavy (non-hydrogen) atoms. The standard InChI is InChI=1S/C22H15F3N2O/c1-12-7-8-16(13(2)9-12)20(28)19-21(22(23,24)25)27-18-11-15-6-4-3-5-14(15)10-17(18)26-19/h3-11H,1-2H3. The summed E-state index contributed by atoms with van der Waals surface area (Å²) in [5.74, 6) is -0.785. The third-order valence-electron chi connectivity index (χ3n) is 4.64. The van der Waals surface area contributed by atoms with Gasteiger partial charge in [-0.3, -0.25) is 4.79 Å². The first-order valence-corrected chi connectivity index (χ1v) is 8.64. The lowest BCUT2D eigenvalue weighted by atomic mass is 9.99. The highest BCUT2D eigenvalue weighted by Gasteiger charge is 2.39. The summed E-state index contributed by atoms with van der Waals surface area (Å²) in [6.07, 6.45) is -4.80. The highest BCUT2D eigenvalue weighted by atomic mass is 19.4. The third-order valence-corrected chi connectivity index (χ3v) is 4.64. The summed E-state index contributed by atoms with van der Waals surface area (Å²) in [4.78, 5) is 20.8. The number of ketones is 1. The van der Waals surface area contributed by atoms with E-state index in [4.69, 9.17) is 0 Å². The van der Waals surface area contributed by atoms with E-state index in [1.54, 1.807) is 43.3 Å². The van der Waals surface area contributed by atoms with Gasteiger partial charge in [0.05, 0.1) is 11.0 Å². The summed E-state index contributed by atoms with van der Waals surface area (Å²) in [6, 6.07) is 15.4. The molecule has 0 N–H and O–H groups in total. The van der Waals surface area contributed by atoms with Crippen LogP contribution in [0.5, 0.6) is 0 Å². The summed E-state index contributed by atoms with van der Waals surface area (Å²) in [5.41, 5.74) is 0.107. The Balaban J connectivity index is 1.99. The predicted octanol–water partition coefficient (Wildman–Crippen LogP) is 5.65. The van der Waals surface area contributed by atoms with E-state index in [1.807, 2.05) is 19.1 Å². The second-order valence-electron chi connectivity index (χ2n) is 6.75. The summed E-state index contributed by atoms with van der Waals surface area (Å²) in [7, 11) is 0. The van der Waals surface area contributed by atoms with Gasteiger partial charge >= 0.3 is 6.18 Å². The zero-order valence-electron chi connectivity index (χ0n) is 15.1. The van der Waals surface area contributed by atoms with Crippen molar-refractivity contribution < 1.29 is 18.0 Å². The van der Waals surface area contributed by atoms with Crippen molar-refractivity contribution in [3.8, 4) is 0 Å². The van der Waals surface area contributed by atoms with E-state index in [2.05, 4.69) is 9.97 Å². The molecule has 0 amide bonds. The van der Waals surface area contributed by atoms with Gasteiger partial charge in [-0.1, -0.05) is 48.0 Å². The molecule has 0 saturated carbocycles. The molecule has 0 aliphatic rings. The van der Waals surface area contributed by atoms with E-state index < -0.39 is 23.3 Å². The average molecular weight is 380 g/mol. The predicted molar refractivity (Wildman–Crippen MR) is 101 cm³/mol. The van der Waals surface area contributed by atoms with E-state index in [0.29, 0.717) is 5.56 Å². The van der Waals surface area contributed by atoms with Crippen LogP contribution in [0.3, 0.4) is 0 Å². The van der Waals surface area contributed by atoms with Gasteiger partial charge in [-0.15, -0.1) is 0 Å². The highest BCUT2D eigenvalue weighted by Crippen LogP contribution is 2.33. The number of carbonyl (C=O) groups is 1. The number of fused-ring (bicyclic) bond motifs is 2. The molecule has 1 heterocycles. The van der Waals surface area contributed by atoms with Gasteiger partial charge in [-0.05, 0) is 42.3 Å². The number of benzene rings is 3. The van der Waals surface area contributed by atoms with Crippen LogP contribution in [0, 0.1) is 13.8 Å². The Morgan fingerprint density at radius 1 is 0.857 bits per heavy atom. The summed E-state index contributed by atoms with van der Waals surface area (Å²) < 4.78 is 41.0. The fourth-order valence-corrected chi connectivity index (χ4v) is 3.29. The Hall–Kier alpha value is -3.28. The van der Waals surface area contributed by atoms with Gasteiger partial charge in [0.25, 0.3) is 0 Å². The number of aryl methyl sites for hydroxylation is 2. The quantitative estimate of drug-likeness (QED) is 0.333. The Morgan fingerprint density at radius 3 is 2.04 bits per heavy atom. The van der Waals surface area contributed by atoms with Gasteiger partial charge in [0.15, 0.2) is 5.69 Å². The smallest absolute Gasteiger partial charge is 0.287 e. The van der Waals surface area contributed by atoms with Gasteiger partial charge in [-0.2, -0.15) is 13.2 Å². The molecule has 0 aliphatic carbocycles. The molecule has 0 atom stereocenters. The zero-order chi connectivity index (χ0) is 20.1. The lowest BCUT2D eigenvalue weighted by Gasteiger charge is -2.13. The molecule has 0 fully saturated rings. The molecular weight excluding hydrogens is 365 g/mol. The number of rotatable bonds is 2. The molecule has 0 bridgehead atoms. The number of nitrogens with zero attached hydrogens (tertiary/aromatic N) is 2. The van der Waals surface area contributed by atoms with Gasteiger partial charge in [0.2, 0.25) is 5.78 Å². The second kappa shape index (κ2) is 6.41. The van der Waals surface area contributed by atoms with E-state index in [1.165, 1.54) is 6.07 Å². The fourth-order valence-electron chi connectivity index (χ4n) is 3.29. The van der Waals surface area contributed by atoms with Crippen LogP contribution in [0.4, 0.5) is 13.2 Å². The van der Waals surface area contributed by atoms with Crippen molar-refractivity contribution in [2.45, 2.75) is 20.0 Å². The molecule has 0 unspecified atom stereocenters. The molecular formula is C22H15F3N2O. The minimum atomic E-state index is -4.80. The van der Waals surface area contributed by atoms with E-state index in [-0.39, 0.29) is 16.6 Å². The maximum atomic E-state index is 13.7. The van der Waals surface area contributed by atoms with Gasteiger partial charge in [0, 0.05) is 5.56 Å². The third kappa shape index (κ3) is 3.11. The summed E-state index contributed by atoms with van der Waals surface area (Å²) >= 11 is 0. The summed E-state index contributed by atoms with van der Waals surface area (Å²) in [6.45, 7) is 3.54. The van der Waals surface area contributed by atoms with Crippen molar-refractivity contribution in [3.05, 3.63) is 82.7 Å². The fraction of sp³-hybridized carbons (Fsp3) is 0.136. The highest BCUT2D eigenvalue weighted by molar-refractivity contribution is 6.10. The second-order valence-corrected chi connectivity index (χ2v) is 6.75. The minimum absolute atomic E-state index is 0.100. The molecule has 1 aromatic heterocycles. The lowest BCUT2D eigenvalue weighted by molar-refractivity contribution is -0.141. The lowest BCUT2D eigenvalue weighted by Crippen LogP contribution is -2.19. The molecule has 0 saturated heterocycles. The minimum Gasteiger partial charge on any atom is -0.287 e. The van der Waals surface area contributed by atoms with Crippen molar-refractivity contribution in [1.29, 1.82) is 0 Å². The first-order valence-electron chi connectivity index (χ1n) is 8.64. The maximum Gasteiger partial charge on any atom is 0.435 e. The van der Waals surface area contributed by atoms with Crippen LogP contribution in [0.1, 0.15) is 32.9 Å². The summed E-state index contributed by atoms with van der Waals surface area (Å²) in [5, 5.41) is 1.57. The number of carbonyl (C=O) groups excluding carboxylic acids is 1. The number of halogens is 3. The Labute approximate surface area is 158 Å². The molecule has 4 aromatic rings. The van der Waals surface area contributed by atoms with Crippen molar-refractivity contribution in [1.82, 2.24) is 9.97 Å². The Morgan fingerprint density at radius 2 is 1.46 bits per heavy atom. The maximum absolute atomic E-state index is 13.7. The van der Waals surface area contributed by atoms with E-state index in [0.717, 1.165) is 16.3 Å². The van der Waals surface area contributed by atoms with Crippen molar-refractivity contribution in [2.24, 2.45) is 0 Å². The zero-order valence-corrected chi connectivity index (χ0v) is 15.1. The molecule has 3 aromatic carbocycles. The van der Waals surface area contributed by atoms with Crippen molar-refractivity contribution >= 4 is 27.6 Å². The normalized spacial score (nSPS) is 11.9. The van der Waals surface area contributed by atoms with Crippen LogP contribution < -0.4 is 0 Å². The van der Waals surface area contributed by atoms with Crippen LogP contribution in [0.25, 0.3) is 21.8 Å². The molecule has 140 valence electrons. The van der Waals surface area contributed by atoms with Crippen LogP contribution in [-0.2, 0) is 6.18 Å². The first kappa shape index (κ1) is 18.1. The topological polar surface area (TPSA) is 42.9 Å². The molecule has 6 heteroatoms. The molecule has 4 rings (SSSR count). The van der Waals surface area contributed by atoms with Crippen LogP contribution in [0.2, 0.25) is 0 Å². The Kier molecular flexibility index (Phi) is 4.14. The van der Waals surface area contributed by atoms with E-state index >= 15 is 0 Å². The van der Waals surface area contributed by atoms with Crippen molar-refractivity contribution in [3.63, 3.8) is 0 Å².